The third kappa shape index (κ3) is 3.66. The number of hydrogen-bond donors (Lipinski definition) is 1. The van der Waals surface area contributed by atoms with Crippen LogP contribution in [-0.4, -0.2) is 21.2 Å². The Kier molecular flexibility index (Phi) is 4.60. The second-order valence-corrected chi connectivity index (χ2v) is 4.97. The molecule has 1 unspecified atom stereocenters. The lowest BCUT2D eigenvalue weighted by Gasteiger charge is -2.09. The number of nitro benzene ring substituents is 1. The van der Waals surface area contributed by atoms with Crippen LogP contribution in [0.1, 0.15) is 13.3 Å². The van der Waals surface area contributed by atoms with E-state index in [-0.39, 0.29) is 6.42 Å². The van der Waals surface area contributed by atoms with Crippen LogP contribution < -0.4 is 0 Å². The summed E-state index contributed by atoms with van der Waals surface area (Å²) in [5.74, 6) is -3.22. The number of carbonyl (C=O) groups is 1. The lowest BCUT2D eigenvalue weighted by molar-refractivity contribution is -0.385. The predicted molar refractivity (Wildman–Crippen MR) is 60.6 cm³/mol. The summed E-state index contributed by atoms with van der Waals surface area (Å²) in [6.07, 6.45) is -0.263. The quantitative estimate of drug-likeness (QED) is 0.508. The fourth-order valence-electron chi connectivity index (χ4n) is 1.25. The van der Waals surface area contributed by atoms with Crippen molar-refractivity contribution in [3.63, 3.8) is 0 Å². The Balaban J connectivity index is 2.96. The van der Waals surface area contributed by atoms with Crippen LogP contribution in [0.2, 0.25) is 0 Å². The molecular formula is C10H9F2NO4S. The summed E-state index contributed by atoms with van der Waals surface area (Å²) in [4.78, 5) is 19.5. The molecule has 0 radical (unpaired) electrons. The largest absolute Gasteiger partial charge is 0.481 e. The van der Waals surface area contributed by atoms with E-state index in [1.165, 1.54) is 6.92 Å². The third-order valence-corrected chi connectivity index (χ3v) is 3.17. The summed E-state index contributed by atoms with van der Waals surface area (Å²) in [5, 5.41) is 18.4. The SMILES string of the molecule is CC(CC(=O)O)Sc1c(F)cc([N+](=O)[O-])cc1F. The smallest absolute Gasteiger partial charge is 0.304 e. The van der Waals surface area contributed by atoms with Gasteiger partial charge < -0.3 is 5.11 Å². The number of nitro groups is 1. The van der Waals surface area contributed by atoms with Gasteiger partial charge in [0.05, 0.1) is 28.4 Å². The van der Waals surface area contributed by atoms with Crippen molar-refractivity contribution in [3.05, 3.63) is 33.9 Å². The van der Waals surface area contributed by atoms with Crippen molar-refractivity contribution in [1.82, 2.24) is 0 Å². The average molecular weight is 277 g/mol. The molecule has 98 valence electrons. The Morgan fingerprint density at radius 1 is 1.50 bits per heavy atom. The highest BCUT2D eigenvalue weighted by Crippen LogP contribution is 2.32. The number of nitrogens with zero attached hydrogens (tertiary/aromatic N) is 1. The molecule has 1 aromatic rings. The number of hydrogen-bond acceptors (Lipinski definition) is 4. The minimum atomic E-state index is -1.09. The Morgan fingerprint density at radius 3 is 2.39 bits per heavy atom. The molecular weight excluding hydrogens is 268 g/mol. The molecule has 8 heteroatoms. The number of aliphatic carboxylic acids is 1. The zero-order valence-electron chi connectivity index (χ0n) is 9.22. The van der Waals surface area contributed by atoms with Crippen LogP contribution >= 0.6 is 11.8 Å². The van der Waals surface area contributed by atoms with Gasteiger partial charge in [-0.15, -0.1) is 11.8 Å². The molecule has 0 heterocycles. The van der Waals surface area contributed by atoms with Gasteiger partial charge in [-0.25, -0.2) is 8.78 Å². The Hall–Kier alpha value is -1.70. The van der Waals surface area contributed by atoms with Gasteiger partial charge in [0, 0.05) is 5.25 Å². The minimum absolute atomic E-state index is 0.263. The first-order valence-electron chi connectivity index (χ1n) is 4.83. The van der Waals surface area contributed by atoms with Crippen molar-refractivity contribution in [2.24, 2.45) is 0 Å². The van der Waals surface area contributed by atoms with Crippen molar-refractivity contribution >= 4 is 23.4 Å². The molecule has 0 amide bonds. The molecule has 0 aliphatic carbocycles. The van der Waals surface area contributed by atoms with E-state index in [9.17, 15) is 23.7 Å². The summed E-state index contributed by atoms with van der Waals surface area (Å²) in [7, 11) is 0. The Morgan fingerprint density at radius 2 is 2.00 bits per heavy atom. The molecule has 0 fully saturated rings. The van der Waals surface area contributed by atoms with E-state index in [2.05, 4.69) is 0 Å². The van der Waals surface area contributed by atoms with Crippen LogP contribution in [0.3, 0.4) is 0 Å². The van der Waals surface area contributed by atoms with Crippen LogP contribution in [0.5, 0.6) is 0 Å². The van der Waals surface area contributed by atoms with E-state index in [0.29, 0.717) is 23.9 Å². The van der Waals surface area contributed by atoms with E-state index in [0.717, 1.165) is 0 Å². The molecule has 0 aliphatic heterocycles. The molecule has 0 bridgehead atoms. The molecule has 1 N–H and O–H groups in total. The van der Waals surface area contributed by atoms with Crippen molar-refractivity contribution < 1.29 is 23.6 Å². The van der Waals surface area contributed by atoms with Gasteiger partial charge in [0.2, 0.25) is 0 Å². The second-order valence-electron chi connectivity index (χ2n) is 3.52. The number of halogens is 2. The van der Waals surface area contributed by atoms with Crippen LogP contribution in [0.25, 0.3) is 0 Å². The van der Waals surface area contributed by atoms with Gasteiger partial charge in [-0.2, -0.15) is 0 Å². The molecule has 0 spiro atoms. The fraction of sp³-hybridized carbons (Fsp3) is 0.300. The third-order valence-electron chi connectivity index (χ3n) is 1.97. The molecule has 0 saturated carbocycles. The van der Waals surface area contributed by atoms with Gasteiger partial charge in [-0.3, -0.25) is 14.9 Å². The maximum Gasteiger partial charge on any atom is 0.304 e. The van der Waals surface area contributed by atoms with Gasteiger partial charge in [0.15, 0.2) is 0 Å². The lowest BCUT2D eigenvalue weighted by atomic mass is 10.3. The second kappa shape index (κ2) is 5.76. The summed E-state index contributed by atoms with van der Waals surface area (Å²) in [6.45, 7) is 1.50. The first-order chi connectivity index (χ1) is 8.31. The normalized spacial score (nSPS) is 12.2. The average Bonchev–Trinajstić information content (AvgIpc) is 2.21. The monoisotopic (exact) mass is 277 g/mol. The highest BCUT2D eigenvalue weighted by molar-refractivity contribution is 8.00. The molecule has 1 rings (SSSR count). The standard InChI is InChI=1S/C10H9F2NO4S/c1-5(2-9(14)15)18-10-7(11)3-6(13(16)17)4-8(10)12/h3-5H,2H2,1H3,(H,14,15). The zero-order chi connectivity index (χ0) is 13.9. The summed E-state index contributed by atoms with van der Waals surface area (Å²) < 4.78 is 26.9. The molecule has 0 aliphatic rings. The molecule has 1 aromatic carbocycles. The molecule has 18 heavy (non-hydrogen) atoms. The number of non-ortho nitro benzene ring substituents is 1. The van der Waals surface area contributed by atoms with E-state index < -0.39 is 38.4 Å². The van der Waals surface area contributed by atoms with Gasteiger partial charge in [-0.05, 0) is 0 Å². The van der Waals surface area contributed by atoms with Crippen LogP contribution in [0, 0.1) is 21.7 Å². The Bertz CT molecular complexity index is 472. The van der Waals surface area contributed by atoms with Crippen LogP contribution in [0.4, 0.5) is 14.5 Å². The number of carboxylic acids is 1. The first kappa shape index (κ1) is 14.4. The van der Waals surface area contributed by atoms with E-state index in [1.807, 2.05) is 0 Å². The van der Waals surface area contributed by atoms with E-state index in [4.69, 9.17) is 5.11 Å². The maximum absolute atomic E-state index is 13.5. The van der Waals surface area contributed by atoms with Crippen LogP contribution in [-0.2, 0) is 4.79 Å². The fourth-order valence-corrected chi connectivity index (χ4v) is 2.22. The predicted octanol–water partition coefficient (Wildman–Crippen LogP) is 2.83. The van der Waals surface area contributed by atoms with E-state index in [1.54, 1.807) is 0 Å². The van der Waals surface area contributed by atoms with Crippen molar-refractivity contribution in [2.45, 2.75) is 23.5 Å². The van der Waals surface area contributed by atoms with Crippen molar-refractivity contribution in [3.8, 4) is 0 Å². The molecule has 0 saturated heterocycles. The van der Waals surface area contributed by atoms with Crippen molar-refractivity contribution in [1.29, 1.82) is 0 Å². The maximum atomic E-state index is 13.5. The number of thioether (sulfide) groups is 1. The summed E-state index contributed by atoms with van der Waals surface area (Å²) >= 11 is 0.692. The number of benzene rings is 1. The highest BCUT2D eigenvalue weighted by Gasteiger charge is 2.20. The molecule has 1 atom stereocenters. The van der Waals surface area contributed by atoms with Crippen molar-refractivity contribution in [2.75, 3.05) is 0 Å². The van der Waals surface area contributed by atoms with Gasteiger partial charge >= 0.3 is 5.97 Å². The first-order valence-corrected chi connectivity index (χ1v) is 5.71. The lowest BCUT2D eigenvalue weighted by Crippen LogP contribution is -2.06. The van der Waals surface area contributed by atoms with Crippen LogP contribution in [0.15, 0.2) is 17.0 Å². The molecule has 5 nitrogen and oxygen atoms in total. The zero-order valence-corrected chi connectivity index (χ0v) is 10.0. The summed E-state index contributed by atoms with van der Waals surface area (Å²) in [6, 6.07) is 1.22. The van der Waals surface area contributed by atoms with E-state index >= 15 is 0 Å². The minimum Gasteiger partial charge on any atom is -0.481 e. The molecule has 0 aromatic heterocycles. The van der Waals surface area contributed by atoms with Gasteiger partial charge in [0.1, 0.15) is 11.6 Å². The highest BCUT2D eigenvalue weighted by atomic mass is 32.2. The summed E-state index contributed by atoms with van der Waals surface area (Å²) in [5.41, 5.74) is -0.680. The number of carboxylic acid groups (broad SMARTS) is 1. The number of rotatable bonds is 5. The van der Waals surface area contributed by atoms with Gasteiger partial charge in [0.25, 0.3) is 5.69 Å². The topological polar surface area (TPSA) is 80.4 Å². The Labute approximate surface area is 105 Å². The van der Waals surface area contributed by atoms with Gasteiger partial charge in [-0.1, -0.05) is 6.92 Å².